The quantitative estimate of drug-likeness (QED) is 0.510. The highest BCUT2D eigenvalue weighted by molar-refractivity contribution is 5.99. The molecule has 8 nitrogen and oxygen atoms in total. The summed E-state index contributed by atoms with van der Waals surface area (Å²) in [5.74, 6) is -1.80. The van der Waals surface area contributed by atoms with Crippen molar-refractivity contribution in [3.8, 4) is 0 Å². The van der Waals surface area contributed by atoms with E-state index in [0.29, 0.717) is 35.0 Å². The fourth-order valence-electron chi connectivity index (χ4n) is 4.57. The number of nitrogens with zero attached hydrogens (tertiary/aromatic N) is 2. The highest BCUT2D eigenvalue weighted by atomic mass is 19.1. The lowest BCUT2D eigenvalue weighted by Crippen LogP contribution is -2.57. The fraction of sp³-hybridized carbons (Fsp3) is 0.360. The molecule has 3 aromatic rings. The molecule has 4 rings (SSSR count). The summed E-state index contributed by atoms with van der Waals surface area (Å²) in [4.78, 5) is 39.2. The van der Waals surface area contributed by atoms with Crippen molar-refractivity contribution in [3.05, 3.63) is 75.5 Å². The molecule has 1 aromatic heterocycles. The van der Waals surface area contributed by atoms with E-state index in [9.17, 15) is 23.9 Å². The van der Waals surface area contributed by atoms with Crippen molar-refractivity contribution in [1.82, 2.24) is 20.4 Å². The number of hydrogen-bond donors (Lipinski definition) is 3. The van der Waals surface area contributed by atoms with Crippen LogP contribution in [0.2, 0.25) is 0 Å². The number of halogens is 1. The van der Waals surface area contributed by atoms with E-state index in [1.54, 1.807) is 18.2 Å². The zero-order valence-electron chi connectivity index (χ0n) is 19.1. The first-order chi connectivity index (χ1) is 16.3. The molecule has 2 unspecified atom stereocenters. The lowest BCUT2D eigenvalue weighted by atomic mass is 9.75. The lowest BCUT2D eigenvalue weighted by Gasteiger charge is -2.35. The molecule has 0 saturated carbocycles. The van der Waals surface area contributed by atoms with Gasteiger partial charge in [-0.25, -0.2) is 9.49 Å². The first-order valence-electron chi connectivity index (χ1n) is 11.2. The zero-order chi connectivity index (χ0) is 24.5. The number of aliphatic hydroxyl groups excluding tert-OH is 1. The second-order valence-electron chi connectivity index (χ2n) is 8.67. The Bertz CT molecular complexity index is 1310. The van der Waals surface area contributed by atoms with Gasteiger partial charge >= 0.3 is 0 Å². The SMILES string of the molecule is CCC(C)(c1ccc(F)c(C(=O)N2CCNCC2C(=O)CO)c1)c1n[nH]c(=O)c2ccccc12. The molecular formula is C25H27FN4O4. The Hall–Kier alpha value is -3.43. The van der Waals surface area contributed by atoms with E-state index in [1.165, 1.54) is 17.0 Å². The van der Waals surface area contributed by atoms with E-state index in [1.807, 2.05) is 26.0 Å². The average molecular weight is 467 g/mol. The number of amides is 1. The van der Waals surface area contributed by atoms with E-state index in [2.05, 4.69) is 15.5 Å². The smallest absolute Gasteiger partial charge is 0.272 e. The van der Waals surface area contributed by atoms with Crippen LogP contribution in [0, 0.1) is 5.82 Å². The van der Waals surface area contributed by atoms with Crippen LogP contribution < -0.4 is 10.9 Å². The van der Waals surface area contributed by atoms with Crippen LogP contribution in [0.1, 0.15) is 41.9 Å². The molecule has 3 N–H and O–H groups in total. The summed E-state index contributed by atoms with van der Waals surface area (Å²) in [6, 6.07) is 10.6. The normalized spacial score (nSPS) is 18.0. The number of ketones is 1. The third-order valence-corrected chi connectivity index (χ3v) is 6.79. The van der Waals surface area contributed by atoms with E-state index >= 15 is 0 Å². The molecule has 2 heterocycles. The number of H-pyrrole nitrogens is 1. The number of aromatic nitrogens is 2. The summed E-state index contributed by atoms with van der Waals surface area (Å²) < 4.78 is 14.9. The number of piperazine rings is 1. The molecule has 34 heavy (non-hydrogen) atoms. The molecule has 0 bridgehead atoms. The number of Topliss-reactive ketones (excluding diaryl/α,β-unsaturated/α-hetero) is 1. The summed E-state index contributed by atoms with van der Waals surface area (Å²) in [5, 5.41) is 20.4. The molecule has 1 amide bonds. The van der Waals surface area contributed by atoms with Crippen LogP contribution in [0.25, 0.3) is 10.8 Å². The van der Waals surface area contributed by atoms with E-state index in [0.717, 1.165) is 0 Å². The van der Waals surface area contributed by atoms with Crippen LogP contribution in [-0.2, 0) is 10.2 Å². The Morgan fingerprint density at radius 1 is 1.24 bits per heavy atom. The molecule has 1 saturated heterocycles. The molecule has 1 aliphatic rings. The van der Waals surface area contributed by atoms with Gasteiger partial charge in [0.1, 0.15) is 18.5 Å². The Morgan fingerprint density at radius 3 is 2.68 bits per heavy atom. The third kappa shape index (κ3) is 4.01. The third-order valence-electron chi connectivity index (χ3n) is 6.79. The molecule has 0 spiro atoms. The molecule has 1 fully saturated rings. The molecule has 2 atom stereocenters. The van der Waals surface area contributed by atoms with Gasteiger partial charge in [0.15, 0.2) is 5.78 Å². The summed E-state index contributed by atoms with van der Waals surface area (Å²) in [7, 11) is 0. The summed E-state index contributed by atoms with van der Waals surface area (Å²) in [6.07, 6.45) is 0.564. The van der Waals surface area contributed by atoms with E-state index < -0.39 is 35.6 Å². The van der Waals surface area contributed by atoms with Crippen molar-refractivity contribution in [2.24, 2.45) is 0 Å². The second kappa shape index (κ2) is 9.44. The predicted octanol–water partition coefficient (Wildman–Crippen LogP) is 1.75. The molecule has 9 heteroatoms. The zero-order valence-corrected chi connectivity index (χ0v) is 19.1. The van der Waals surface area contributed by atoms with Crippen molar-refractivity contribution < 1.29 is 19.1 Å². The number of fused-ring (bicyclic) bond motifs is 1. The van der Waals surface area contributed by atoms with Crippen LogP contribution >= 0.6 is 0 Å². The number of benzene rings is 2. The molecule has 2 aromatic carbocycles. The Kier molecular flexibility index (Phi) is 6.58. The minimum atomic E-state index is -0.864. The molecule has 0 aliphatic carbocycles. The molecule has 1 aliphatic heterocycles. The number of carbonyl (C=O) groups is 2. The largest absolute Gasteiger partial charge is 0.388 e. The van der Waals surface area contributed by atoms with Crippen molar-refractivity contribution >= 4 is 22.5 Å². The first-order valence-corrected chi connectivity index (χ1v) is 11.2. The van der Waals surface area contributed by atoms with Crippen molar-refractivity contribution in [2.45, 2.75) is 31.7 Å². The average Bonchev–Trinajstić information content (AvgIpc) is 2.88. The van der Waals surface area contributed by atoms with Gasteiger partial charge in [-0.15, -0.1) is 0 Å². The maximum atomic E-state index is 14.9. The summed E-state index contributed by atoms with van der Waals surface area (Å²) >= 11 is 0. The van der Waals surface area contributed by atoms with Crippen LogP contribution in [0.5, 0.6) is 0 Å². The monoisotopic (exact) mass is 466 g/mol. The minimum Gasteiger partial charge on any atom is -0.388 e. The minimum absolute atomic E-state index is 0.149. The highest BCUT2D eigenvalue weighted by Crippen LogP contribution is 2.37. The van der Waals surface area contributed by atoms with Crippen LogP contribution in [-0.4, -0.2) is 64.2 Å². The number of rotatable bonds is 6. The Balaban J connectivity index is 1.81. The molecule has 0 radical (unpaired) electrons. The van der Waals surface area contributed by atoms with Gasteiger partial charge in [0.2, 0.25) is 0 Å². The van der Waals surface area contributed by atoms with Crippen LogP contribution in [0.15, 0.2) is 47.3 Å². The number of hydrogen-bond acceptors (Lipinski definition) is 6. The summed E-state index contributed by atoms with van der Waals surface area (Å²) in [6.45, 7) is 4.07. The molecular weight excluding hydrogens is 439 g/mol. The number of nitrogens with one attached hydrogen (secondary N) is 2. The maximum absolute atomic E-state index is 14.9. The topological polar surface area (TPSA) is 115 Å². The standard InChI is InChI=1S/C25H27FN4O4/c1-3-25(2,22-16-6-4-5-7-17(16)23(33)29-28-22)15-8-9-19(26)18(12-15)24(34)30-11-10-27-13-20(30)21(32)14-31/h4-9,12,20,27,31H,3,10-11,13-14H2,1-2H3,(H,29,33). The van der Waals surface area contributed by atoms with Gasteiger partial charge in [0.25, 0.3) is 11.5 Å². The Labute approximate surface area is 195 Å². The predicted molar refractivity (Wildman–Crippen MR) is 125 cm³/mol. The maximum Gasteiger partial charge on any atom is 0.272 e. The van der Waals surface area contributed by atoms with Gasteiger partial charge in [0.05, 0.1) is 16.6 Å². The van der Waals surface area contributed by atoms with Gasteiger partial charge in [0, 0.05) is 30.4 Å². The number of aromatic amines is 1. The van der Waals surface area contributed by atoms with Crippen LogP contribution in [0.4, 0.5) is 4.39 Å². The van der Waals surface area contributed by atoms with Gasteiger partial charge in [-0.3, -0.25) is 14.4 Å². The van der Waals surface area contributed by atoms with Crippen molar-refractivity contribution in [3.63, 3.8) is 0 Å². The highest BCUT2D eigenvalue weighted by Gasteiger charge is 2.36. The van der Waals surface area contributed by atoms with Gasteiger partial charge in [-0.1, -0.05) is 31.2 Å². The van der Waals surface area contributed by atoms with Gasteiger partial charge in [-0.2, -0.15) is 5.10 Å². The lowest BCUT2D eigenvalue weighted by molar-refractivity contribution is -0.126. The van der Waals surface area contributed by atoms with Gasteiger partial charge < -0.3 is 15.3 Å². The molecule has 178 valence electrons. The van der Waals surface area contributed by atoms with Gasteiger partial charge in [-0.05, 0) is 37.1 Å². The second-order valence-corrected chi connectivity index (χ2v) is 8.67. The Morgan fingerprint density at radius 2 is 1.97 bits per heavy atom. The summed E-state index contributed by atoms with van der Waals surface area (Å²) in [5.41, 5.74) is 0.0843. The van der Waals surface area contributed by atoms with E-state index in [-0.39, 0.29) is 24.2 Å². The van der Waals surface area contributed by atoms with E-state index in [4.69, 9.17) is 0 Å². The number of aliphatic hydroxyl groups is 1. The number of carbonyl (C=O) groups excluding carboxylic acids is 2. The van der Waals surface area contributed by atoms with Crippen molar-refractivity contribution in [2.75, 3.05) is 26.2 Å². The van der Waals surface area contributed by atoms with Crippen LogP contribution in [0.3, 0.4) is 0 Å². The van der Waals surface area contributed by atoms with Crippen molar-refractivity contribution in [1.29, 1.82) is 0 Å². The first kappa shape index (κ1) is 23.7. The fourth-order valence-corrected chi connectivity index (χ4v) is 4.57.